The van der Waals surface area contributed by atoms with Crippen molar-refractivity contribution in [2.75, 3.05) is 6.61 Å². The summed E-state index contributed by atoms with van der Waals surface area (Å²) in [5, 5.41) is 13.1. The van der Waals surface area contributed by atoms with Crippen molar-refractivity contribution in [3.63, 3.8) is 0 Å². The van der Waals surface area contributed by atoms with Crippen LogP contribution in [0.1, 0.15) is 12.5 Å². The van der Waals surface area contributed by atoms with Crippen LogP contribution in [0.3, 0.4) is 0 Å². The van der Waals surface area contributed by atoms with Gasteiger partial charge < -0.3 is 14.8 Å². The molecule has 0 aliphatic heterocycles. The first-order valence-electron chi connectivity index (χ1n) is 7.93. The topological polar surface area (TPSA) is 108 Å². The molecule has 0 spiro atoms. The molecule has 0 heterocycles. The standard InChI is InChI=1S/C18H18N2O6/c1-2-25-17(21)16(12-13-6-4-3-5-7-13)19-18(22)26-15-10-8-14(9-11-15)20(23)24/h3-11,16H,2,12H2,1H3,(H,19,22)/t16-/m0/s1. The van der Waals surface area contributed by atoms with Gasteiger partial charge in [0.2, 0.25) is 0 Å². The molecule has 0 aromatic heterocycles. The Morgan fingerprint density at radius 3 is 2.35 bits per heavy atom. The first-order chi connectivity index (χ1) is 12.5. The van der Waals surface area contributed by atoms with Crippen LogP contribution in [0.25, 0.3) is 0 Å². The van der Waals surface area contributed by atoms with Crippen LogP contribution in [0.5, 0.6) is 5.75 Å². The Morgan fingerprint density at radius 1 is 1.12 bits per heavy atom. The molecule has 0 saturated carbocycles. The third kappa shape index (κ3) is 5.59. The molecule has 2 rings (SSSR count). The Kier molecular flexibility index (Phi) is 6.67. The van der Waals surface area contributed by atoms with E-state index in [0.717, 1.165) is 5.56 Å². The minimum atomic E-state index is -0.914. The molecule has 2 aromatic carbocycles. The molecule has 0 bridgehead atoms. The van der Waals surface area contributed by atoms with Crippen molar-refractivity contribution in [2.24, 2.45) is 0 Å². The normalized spacial score (nSPS) is 11.3. The van der Waals surface area contributed by atoms with Gasteiger partial charge in [0.15, 0.2) is 0 Å². The number of nitro groups is 1. The molecule has 0 fully saturated rings. The number of carbonyl (C=O) groups is 2. The van der Waals surface area contributed by atoms with E-state index in [9.17, 15) is 19.7 Å². The van der Waals surface area contributed by atoms with Crippen molar-refractivity contribution >= 4 is 17.7 Å². The summed E-state index contributed by atoms with van der Waals surface area (Å²) in [7, 11) is 0. The highest BCUT2D eigenvalue weighted by Crippen LogP contribution is 2.17. The van der Waals surface area contributed by atoms with E-state index in [0.29, 0.717) is 0 Å². The lowest BCUT2D eigenvalue weighted by Gasteiger charge is -2.17. The average molecular weight is 358 g/mol. The fraction of sp³-hybridized carbons (Fsp3) is 0.222. The number of hydrogen-bond acceptors (Lipinski definition) is 6. The quantitative estimate of drug-likeness (QED) is 0.463. The minimum Gasteiger partial charge on any atom is -0.464 e. The average Bonchev–Trinajstić information content (AvgIpc) is 2.62. The monoisotopic (exact) mass is 358 g/mol. The van der Waals surface area contributed by atoms with Crippen LogP contribution in [0.2, 0.25) is 0 Å². The van der Waals surface area contributed by atoms with Crippen molar-refractivity contribution in [1.82, 2.24) is 5.32 Å². The zero-order chi connectivity index (χ0) is 18.9. The van der Waals surface area contributed by atoms with E-state index in [1.165, 1.54) is 24.3 Å². The summed E-state index contributed by atoms with van der Waals surface area (Å²) in [4.78, 5) is 34.2. The maximum absolute atomic E-state index is 12.1. The molecule has 8 heteroatoms. The third-order valence-corrected chi connectivity index (χ3v) is 3.40. The van der Waals surface area contributed by atoms with Crippen LogP contribution in [0, 0.1) is 10.1 Å². The summed E-state index contributed by atoms with van der Waals surface area (Å²) >= 11 is 0. The SMILES string of the molecule is CCOC(=O)[C@H](Cc1ccccc1)NC(=O)Oc1ccc([N+](=O)[O-])cc1. The molecule has 0 aliphatic rings. The zero-order valence-electron chi connectivity index (χ0n) is 14.1. The van der Waals surface area contributed by atoms with Gasteiger partial charge in [0, 0.05) is 18.6 Å². The number of benzene rings is 2. The fourth-order valence-corrected chi connectivity index (χ4v) is 2.20. The number of carbonyl (C=O) groups excluding carboxylic acids is 2. The number of ether oxygens (including phenoxy) is 2. The molecule has 0 saturated heterocycles. The first kappa shape index (κ1) is 18.9. The summed E-state index contributed by atoms with van der Waals surface area (Å²) in [6.07, 6.45) is -0.609. The van der Waals surface area contributed by atoms with Crippen molar-refractivity contribution < 1.29 is 24.0 Å². The fourth-order valence-electron chi connectivity index (χ4n) is 2.20. The van der Waals surface area contributed by atoms with E-state index in [1.54, 1.807) is 6.92 Å². The van der Waals surface area contributed by atoms with Gasteiger partial charge in [-0.25, -0.2) is 9.59 Å². The van der Waals surface area contributed by atoms with Gasteiger partial charge in [-0.1, -0.05) is 30.3 Å². The first-order valence-corrected chi connectivity index (χ1v) is 7.93. The van der Waals surface area contributed by atoms with Gasteiger partial charge in [-0.2, -0.15) is 0 Å². The number of rotatable bonds is 7. The summed E-state index contributed by atoms with van der Waals surface area (Å²) in [6.45, 7) is 1.86. The van der Waals surface area contributed by atoms with Crippen LogP contribution in [-0.4, -0.2) is 29.6 Å². The van der Waals surface area contributed by atoms with Crippen molar-refractivity contribution in [3.05, 3.63) is 70.3 Å². The summed E-state index contributed by atoms with van der Waals surface area (Å²) in [6, 6.07) is 13.3. The lowest BCUT2D eigenvalue weighted by molar-refractivity contribution is -0.384. The highest BCUT2D eigenvalue weighted by atomic mass is 16.6. The van der Waals surface area contributed by atoms with Gasteiger partial charge >= 0.3 is 12.1 Å². The number of nitrogens with one attached hydrogen (secondary N) is 1. The highest BCUT2D eigenvalue weighted by molar-refractivity contribution is 5.82. The van der Waals surface area contributed by atoms with E-state index in [1.807, 2.05) is 30.3 Å². The summed E-state index contributed by atoms with van der Waals surface area (Å²) < 4.78 is 10.1. The second kappa shape index (κ2) is 9.16. The van der Waals surface area contributed by atoms with Gasteiger partial charge in [0.05, 0.1) is 11.5 Å². The number of nitrogens with zero attached hydrogens (tertiary/aromatic N) is 1. The van der Waals surface area contributed by atoms with Crippen molar-refractivity contribution in [1.29, 1.82) is 0 Å². The highest BCUT2D eigenvalue weighted by Gasteiger charge is 2.23. The zero-order valence-corrected chi connectivity index (χ0v) is 14.1. The lowest BCUT2D eigenvalue weighted by atomic mass is 10.1. The lowest BCUT2D eigenvalue weighted by Crippen LogP contribution is -2.44. The van der Waals surface area contributed by atoms with Gasteiger partial charge in [-0.05, 0) is 24.6 Å². The van der Waals surface area contributed by atoms with E-state index < -0.39 is 23.0 Å². The van der Waals surface area contributed by atoms with E-state index >= 15 is 0 Å². The Hall–Kier alpha value is -3.42. The van der Waals surface area contributed by atoms with Crippen LogP contribution >= 0.6 is 0 Å². The van der Waals surface area contributed by atoms with Gasteiger partial charge in [0.1, 0.15) is 11.8 Å². The van der Waals surface area contributed by atoms with Crippen LogP contribution in [-0.2, 0) is 16.0 Å². The second-order valence-corrected chi connectivity index (χ2v) is 5.28. The number of hydrogen-bond donors (Lipinski definition) is 1. The number of non-ortho nitro benzene ring substituents is 1. The van der Waals surface area contributed by atoms with Crippen LogP contribution in [0.4, 0.5) is 10.5 Å². The Balaban J connectivity index is 2.02. The molecule has 1 atom stereocenters. The summed E-state index contributed by atoms with van der Waals surface area (Å²) in [5.74, 6) is -0.451. The molecule has 8 nitrogen and oxygen atoms in total. The molecular formula is C18H18N2O6. The molecule has 2 aromatic rings. The largest absolute Gasteiger partial charge is 0.464 e. The van der Waals surface area contributed by atoms with Crippen LogP contribution < -0.4 is 10.1 Å². The van der Waals surface area contributed by atoms with Gasteiger partial charge in [-0.3, -0.25) is 10.1 Å². The predicted octanol–water partition coefficient (Wildman–Crippen LogP) is 2.86. The number of amides is 1. The molecule has 0 aliphatic carbocycles. The number of nitro benzene ring substituents is 1. The Morgan fingerprint density at radius 2 is 1.77 bits per heavy atom. The Bertz CT molecular complexity index is 761. The molecule has 1 N–H and O–H groups in total. The van der Waals surface area contributed by atoms with Gasteiger partial charge in [0.25, 0.3) is 5.69 Å². The molecule has 136 valence electrons. The van der Waals surface area contributed by atoms with Crippen molar-refractivity contribution in [3.8, 4) is 5.75 Å². The van der Waals surface area contributed by atoms with Gasteiger partial charge in [-0.15, -0.1) is 0 Å². The maximum Gasteiger partial charge on any atom is 0.413 e. The predicted molar refractivity (Wildman–Crippen MR) is 92.8 cm³/mol. The van der Waals surface area contributed by atoms with Crippen LogP contribution in [0.15, 0.2) is 54.6 Å². The maximum atomic E-state index is 12.1. The summed E-state index contributed by atoms with van der Waals surface area (Å²) in [5.41, 5.74) is 0.729. The van der Waals surface area contributed by atoms with E-state index in [2.05, 4.69) is 5.32 Å². The third-order valence-electron chi connectivity index (χ3n) is 3.40. The van der Waals surface area contributed by atoms with Crippen molar-refractivity contribution in [2.45, 2.75) is 19.4 Å². The molecule has 1 amide bonds. The molecule has 26 heavy (non-hydrogen) atoms. The smallest absolute Gasteiger partial charge is 0.413 e. The molecule has 0 radical (unpaired) electrons. The second-order valence-electron chi connectivity index (χ2n) is 5.28. The Labute approximate surface area is 149 Å². The number of esters is 1. The minimum absolute atomic E-state index is 0.119. The molecular weight excluding hydrogens is 340 g/mol. The van der Waals surface area contributed by atoms with E-state index in [4.69, 9.17) is 9.47 Å². The van der Waals surface area contributed by atoms with E-state index in [-0.39, 0.29) is 24.5 Å². The molecule has 0 unspecified atom stereocenters.